The van der Waals surface area contributed by atoms with Gasteiger partial charge in [-0.25, -0.2) is 4.98 Å². The van der Waals surface area contributed by atoms with Gasteiger partial charge in [0.2, 0.25) is 24.5 Å². The summed E-state index contributed by atoms with van der Waals surface area (Å²) in [5.41, 5.74) is 2.48. The zero-order valence-corrected chi connectivity index (χ0v) is 15.9. The maximum absolute atomic E-state index is 12.5. The van der Waals surface area contributed by atoms with Crippen LogP contribution in [0.1, 0.15) is 18.4 Å². The molecule has 29 heavy (non-hydrogen) atoms. The average Bonchev–Trinajstić information content (AvgIpc) is 3.27. The fourth-order valence-electron chi connectivity index (χ4n) is 2.98. The van der Waals surface area contributed by atoms with Crippen molar-refractivity contribution >= 4 is 23.2 Å². The average molecular weight is 393 g/mol. The third-order valence-corrected chi connectivity index (χ3v) is 4.31. The molecule has 2 amide bonds. The molecule has 0 saturated heterocycles. The minimum atomic E-state index is -0.237. The van der Waals surface area contributed by atoms with E-state index in [0.29, 0.717) is 40.2 Å². The molecule has 0 spiro atoms. The number of oxazole rings is 1. The van der Waals surface area contributed by atoms with Crippen LogP contribution in [0, 0.1) is 6.92 Å². The summed E-state index contributed by atoms with van der Waals surface area (Å²) in [7, 11) is 0. The highest BCUT2D eigenvalue weighted by atomic mass is 16.7. The number of fused-ring (bicyclic) bond motifs is 1. The van der Waals surface area contributed by atoms with Gasteiger partial charge in [-0.3, -0.25) is 9.59 Å². The van der Waals surface area contributed by atoms with Crippen LogP contribution >= 0.6 is 0 Å². The zero-order valence-electron chi connectivity index (χ0n) is 15.9. The lowest BCUT2D eigenvalue weighted by molar-refractivity contribution is -0.116. The molecule has 1 aliphatic rings. The quantitative estimate of drug-likeness (QED) is 0.688. The Kier molecular flexibility index (Phi) is 4.90. The van der Waals surface area contributed by atoms with Crippen LogP contribution in [0.5, 0.6) is 11.5 Å². The lowest BCUT2D eigenvalue weighted by Gasteiger charge is -2.07. The number of hydrogen-bond acceptors (Lipinski definition) is 6. The molecule has 2 aromatic carbocycles. The summed E-state index contributed by atoms with van der Waals surface area (Å²) in [6, 6.07) is 12.4. The second kappa shape index (κ2) is 7.67. The maximum atomic E-state index is 12.5. The number of amides is 2. The summed E-state index contributed by atoms with van der Waals surface area (Å²) >= 11 is 0. The lowest BCUT2D eigenvalue weighted by atomic mass is 10.2. The molecule has 2 N–H and O–H groups in total. The molecule has 0 atom stereocenters. The smallest absolute Gasteiger partial charge is 0.231 e. The molecule has 0 radical (unpaired) electrons. The predicted molar refractivity (Wildman–Crippen MR) is 106 cm³/mol. The molecule has 3 aromatic rings. The molecule has 148 valence electrons. The minimum Gasteiger partial charge on any atom is -0.454 e. The first-order chi connectivity index (χ1) is 14.0. The molecule has 1 aliphatic heterocycles. The predicted octanol–water partition coefficient (Wildman–Crippen LogP) is 3.52. The monoisotopic (exact) mass is 393 g/mol. The Balaban J connectivity index is 1.46. The van der Waals surface area contributed by atoms with Crippen molar-refractivity contribution in [1.29, 1.82) is 0 Å². The van der Waals surface area contributed by atoms with E-state index >= 15 is 0 Å². The van der Waals surface area contributed by atoms with Crippen molar-refractivity contribution in [3.63, 3.8) is 0 Å². The Labute approximate surface area is 166 Å². The number of nitrogens with zero attached hydrogens (tertiary/aromatic N) is 1. The van der Waals surface area contributed by atoms with Gasteiger partial charge in [0.25, 0.3) is 0 Å². The van der Waals surface area contributed by atoms with Gasteiger partial charge < -0.3 is 24.5 Å². The van der Waals surface area contributed by atoms with E-state index in [1.165, 1.54) is 6.92 Å². The Morgan fingerprint density at radius 3 is 2.59 bits per heavy atom. The van der Waals surface area contributed by atoms with Crippen molar-refractivity contribution in [3.8, 4) is 23.0 Å². The summed E-state index contributed by atoms with van der Waals surface area (Å²) in [6.07, 6.45) is 0.0598. The lowest BCUT2D eigenvalue weighted by Crippen LogP contribution is -2.15. The van der Waals surface area contributed by atoms with Crippen molar-refractivity contribution in [3.05, 3.63) is 53.9 Å². The first-order valence-corrected chi connectivity index (χ1v) is 9.02. The van der Waals surface area contributed by atoms with Gasteiger partial charge >= 0.3 is 0 Å². The summed E-state index contributed by atoms with van der Waals surface area (Å²) in [4.78, 5) is 28.1. The highest BCUT2D eigenvalue weighted by molar-refractivity contribution is 5.94. The van der Waals surface area contributed by atoms with Crippen LogP contribution in [0.3, 0.4) is 0 Å². The number of carbonyl (C=O) groups excluding carboxylic acids is 2. The highest BCUT2D eigenvalue weighted by Gasteiger charge is 2.18. The van der Waals surface area contributed by atoms with Gasteiger partial charge in [-0.15, -0.1) is 0 Å². The summed E-state index contributed by atoms with van der Waals surface area (Å²) in [5, 5.41) is 5.49. The van der Waals surface area contributed by atoms with Gasteiger partial charge in [-0.1, -0.05) is 6.07 Å². The first-order valence-electron chi connectivity index (χ1n) is 9.02. The van der Waals surface area contributed by atoms with E-state index in [2.05, 4.69) is 15.6 Å². The van der Waals surface area contributed by atoms with Crippen LogP contribution < -0.4 is 20.1 Å². The van der Waals surface area contributed by atoms with Gasteiger partial charge in [-0.2, -0.15) is 0 Å². The van der Waals surface area contributed by atoms with E-state index < -0.39 is 0 Å². The summed E-state index contributed by atoms with van der Waals surface area (Å²) in [5.74, 6) is 1.88. The van der Waals surface area contributed by atoms with Crippen LogP contribution in [-0.4, -0.2) is 23.6 Å². The normalized spacial score (nSPS) is 11.9. The summed E-state index contributed by atoms with van der Waals surface area (Å²) < 4.78 is 16.4. The zero-order chi connectivity index (χ0) is 20.4. The third kappa shape index (κ3) is 4.21. The van der Waals surface area contributed by atoms with Gasteiger partial charge in [0, 0.05) is 23.9 Å². The number of anilines is 2. The number of aromatic nitrogens is 1. The molecule has 4 rings (SSSR count). The molecule has 0 fully saturated rings. The molecule has 2 heterocycles. The second-order valence-electron chi connectivity index (χ2n) is 6.58. The fourth-order valence-corrected chi connectivity index (χ4v) is 2.98. The van der Waals surface area contributed by atoms with Crippen molar-refractivity contribution in [2.24, 2.45) is 0 Å². The number of nitrogens with one attached hydrogen (secondary N) is 2. The number of hydrogen-bond donors (Lipinski definition) is 2. The van der Waals surface area contributed by atoms with Crippen LogP contribution in [-0.2, 0) is 16.0 Å². The SMILES string of the molecule is CC(=O)Nc1cccc(NC(=O)Cc2nc(-c3ccc4c(c3)OCO4)oc2C)c1. The third-order valence-electron chi connectivity index (χ3n) is 4.31. The second-order valence-corrected chi connectivity index (χ2v) is 6.58. The molecule has 0 saturated carbocycles. The number of aryl methyl sites for hydroxylation is 1. The molecule has 0 aliphatic carbocycles. The fraction of sp³-hybridized carbons (Fsp3) is 0.190. The van der Waals surface area contributed by atoms with Crippen LogP contribution in [0.15, 0.2) is 46.9 Å². The van der Waals surface area contributed by atoms with Crippen molar-refractivity contribution in [1.82, 2.24) is 4.98 Å². The van der Waals surface area contributed by atoms with Crippen LogP contribution in [0.2, 0.25) is 0 Å². The topological polar surface area (TPSA) is 103 Å². The summed E-state index contributed by atoms with van der Waals surface area (Å²) in [6.45, 7) is 3.39. The molecular formula is C21H19N3O5. The Morgan fingerprint density at radius 1 is 1.03 bits per heavy atom. The highest BCUT2D eigenvalue weighted by Crippen LogP contribution is 2.36. The van der Waals surface area contributed by atoms with E-state index in [4.69, 9.17) is 13.9 Å². The number of rotatable bonds is 5. The number of ether oxygens (including phenoxy) is 2. The number of benzene rings is 2. The largest absolute Gasteiger partial charge is 0.454 e. The van der Waals surface area contributed by atoms with Gasteiger partial charge in [0.05, 0.1) is 12.1 Å². The molecule has 8 nitrogen and oxygen atoms in total. The van der Waals surface area contributed by atoms with Crippen LogP contribution in [0.25, 0.3) is 11.5 Å². The standard InChI is InChI=1S/C21H19N3O5/c1-12-17(10-20(26)23-16-5-3-4-15(9-16)22-13(2)25)24-21(29-12)14-6-7-18-19(8-14)28-11-27-18/h3-9H,10-11H2,1-2H3,(H,22,25)(H,23,26). The van der Waals surface area contributed by atoms with Crippen molar-refractivity contribution in [2.75, 3.05) is 17.4 Å². The first kappa shape index (κ1) is 18.5. The molecule has 8 heteroatoms. The minimum absolute atomic E-state index is 0.0598. The molecule has 0 unspecified atom stereocenters. The van der Waals surface area contributed by atoms with E-state index in [9.17, 15) is 9.59 Å². The Morgan fingerprint density at radius 2 is 1.79 bits per heavy atom. The van der Waals surface area contributed by atoms with E-state index in [1.807, 2.05) is 6.07 Å². The number of carbonyl (C=O) groups is 2. The Hall–Kier alpha value is -3.81. The van der Waals surface area contributed by atoms with E-state index in [-0.39, 0.29) is 25.0 Å². The maximum Gasteiger partial charge on any atom is 0.231 e. The molecule has 0 bridgehead atoms. The van der Waals surface area contributed by atoms with Crippen molar-refractivity contribution in [2.45, 2.75) is 20.3 Å². The Bertz CT molecular complexity index is 1090. The molecule has 1 aromatic heterocycles. The van der Waals surface area contributed by atoms with E-state index in [1.54, 1.807) is 43.3 Å². The van der Waals surface area contributed by atoms with Crippen molar-refractivity contribution < 1.29 is 23.5 Å². The van der Waals surface area contributed by atoms with E-state index in [0.717, 1.165) is 5.56 Å². The van der Waals surface area contributed by atoms with Gasteiger partial charge in [0.1, 0.15) is 5.76 Å². The van der Waals surface area contributed by atoms with Gasteiger partial charge in [0.15, 0.2) is 11.5 Å². The van der Waals surface area contributed by atoms with Gasteiger partial charge in [-0.05, 0) is 43.3 Å². The molecular weight excluding hydrogens is 374 g/mol. The van der Waals surface area contributed by atoms with Crippen LogP contribution in [0.4, 0.5) is 11.4 Å².